The normalized spacial score (nSPS) is 14.2. The van der Waals surface area contributed by atoms with E-state index in [1.165, 1.54) is 22.3 Å². The van der Waals surface area contributed by atoms with Gasteiger partial charge in [-0.3, -0.25) is 4.90 Å². The fraction of sp³-hybridized carbons (Fsp3) is 0.250. The first-order valence-electron chi connectivity index (χ1n) is 7.77. The van der Waals surface area contributed by atoms with Crippen molar-refractivity contribution in [2.45, 2.75) is 19.9 Å². The molecule has 2 heteroatoms. The molecule has 0 amide bonds. The molecule has 1 aliphatic rings. The van der Waals surface area contributed by atoms with Crippen LogP contribution in [0.4, 0.5) is 0 Å². The summed E-state index contributed by atoms with van der Waals surface area (Å²) in [5.41, 5.74) is 6.79. The Morgan fingerprint density at radius 1 is 1.27 bits per heavy atom. The van der Waals surface area contributed by atoms with Crippen molar-refractivity contribution in [2.75, 3.05) is 13.1 Å². The van der Waals surface area contributed by atoms with E-state index >= 15 is 0 Å². The fourth-order valence-corrected chi connectivity index (χ4v) is 3.31. The minimum atomic E-state index is 0.727. The Morgan fingerprint density at radius 3 is 2.68 bits per heavy atom. The molecule has 0 radical (unpaired) electrons. The van der Waals surface area contributed by atoms with Crippen LogP contribution in [-0.2, 0) is 13.0 Å². The second kappa shape index (κ2) is 6.17. The summed E-state index contributed by atoms with van der Waals surface area (Å²) in [6.07, 6.45) is 2.87. The predicted octanol–water partition coefficient (Wildman–Crippen LogP) is 4.25. The van der Waals surface area contributed by atoms with Crippen LogP contribution in [0.2, 0.25) is 0 Å². The standard InChI is InChI=1S/C20H20N2/c1-3-17-16(13-21)12-19(15-8-6-5-7-9-15)18-10-11-22(4-2)14-20(17)18/h3,5-9,12H,1,4,10-11,14H2,2H3. The molecule has 1 aliphatic heterocycles. The minimum Gasteiger partial charge on any atom is -0.299 e. The number of fused-ring (bicyclic) bond motifs is 1. The van der Waals surface area contributed by atoms with E-state index < -0.39 is 0 Å². The topological polar surface area (TPSA) is 27.0 Å². The Kier molecular flexibility index (Phi) is 4.09. The van der Waals surface area contributed by atoms with Crippen LogP contribution in [0.1, 0.15) is 29.2 Å². The maximum absolute atomic E-state index is 9.53. The highest BCUT2D eigenvalue weighted by atomic mass is 15.1. The van der Waals surface area contributed by atoms with Gasteiger partial charge in [-0.15, -0.1) is 0 Å². The maximum atomic E-state index is 9.53. The van der Waals surface area contributed by atoms with Gasteiger partial charge in [0.1, 0.15) is 0 Å². The first kappa shape index (κ1) is 14.6. The molecule has 0 fully saturated rings. The summed E-state index contributed by atoms with van der Waals surface area (Å²) in [6, 6.07) is 14.8. The van der Waals surface area contributed by atoms with E-state index in [9.17, 15) is 5.26 Å². The van der Waals surface area contributed by atoms with Gasteiger partial charge in [0.15, 0.2) is 0 Å². The molecule has 2 aromatic carbocycles. The average molecular weight is 288 g/mol. The number of benzene rings is 2. The third-order valence-corrected chi connectivity index (χ3v) is 4.51. The van der Waals surface area contributed by atoms with Crippen molar-refractivity contribution < 1.29 is 0 Å². The first-order valence-corrected chi connectivity index (χ1v) is 7.77. The zero-order valence-corrected chi connectivity index (χ0v) is 13.0. The molecule has 0 N–H and O–H groups in total. The van der Waals surface area contributed by atoms with Crippen molar-refractivity contribution in [2.24, 2.45) is 0 Å². The predicted molar refractivity (Wildman–Crippen MR) is 91.3 cm³/mol. The van der Waals surface area contributed by atoms with Crippen LogP contribution in [0.15, 0.2) is 43.0 Å². The third-order valence-electron chi connectivity index (χ3n) is 4.51. The van der Waals surface area contributed by atoms with Gasteiger partial charge >= 0.3 is 0 Å². The SMILES string of the molecule is C=Cc1c(C#N)cc(-c2ccccc2)c2c1CN(CC)CC2. The lowest BCUT2D eigenvalue weighted by atomic mass is 9.85. The highest BCUT2D eigenvalue weighted by molar-refractivity contribution is 5.76. The van der Waals surface area contributed by atoms with Crippen LogP contribution < -0.4 is 0 Å². The van der Waals surface area contributed by atoms with Gasteiger partial charge in [-0.25, -0.2) is 0 Å². The second-order valence-electron chi connectivity index (χ2n) is 5.64. The van der Waals surface area contributed by atoms with Crippen molar-refractivity contribution in [3.63, 3.8) is 0 Å². The quantitative estimate of drug-likeness (QED) is 0.844. The maximum Gasteiger partial charge on any atom is 0.0998 e. The van der Waals surface area contributed by atoms with Gasteiger partial charge < -0.3 is 0 Å². The molecular weight excluding hydrogens is 268 g/mol. The van der Waals surface area contributed by atoms with Gasteiger partial charge in [0.05, 0.1) is 11.6 Å². The monoisotopic (exact) mass is 288 g/mol. The average Bonchev–Trinajstić information content (AvgIpc) is 2.60. The number of nitriles is 1. The highest BCUT2D eigenvalue weighted by Crippen LogP contribution is 2.35. The van der Waals surface area contributed by atoms with Crippen LogP contribution in [0.3, 0.4) is 0 Å². The summed E-state index contributed by atoms with van der Waals surface area (Å²) in [7, 11) is 0. The molecule has 3 rings (SSSR count). The molecule has 2 aromatic rings. The minimum absolute atomic E-state index is 0.727. The van der Waals surface area contributed by atoms with Crippen LogP contribution >= 0.6 is 0 Å². The fourth-order valence-electron chi connectivity index (χ4n) is 3.31. The first-order chi connectivity index (χ1) is 10.8. The largest absolute Gasteiger partial charge is 0.299 e. The van der Waals surface area contributed by atoms with Crippen LogP contribution in [0.5, 0.6) is 0 Å². The lowest BCUT2D eigenvalue weighted by molar-refractivity contribution is 0.268. The molecule has 0 saturated carbocycles. The van der Waals surface area contributed by atoms with E-state index in [-0.39, 0.29) is 0 Å². The molecule has 0 unspecified atom stereocenters. The van der Waals surface area contributed by atoms with E-state index in [1.807, 2.05) is 18.2 Å². The highest BCUT2D eigenvalue weighted by Gasteiger charge is 2.23. The molecule has 2 nitrogen and oxygen atoms in total. The molecule has 0 spiro atoms. The van der Waals surface area contributed by atoms with Gasteiger partial charge in [-0.2, -0.15) is 5.26 Å². The van der Waals surface area contributed by atoms with E-state index in [0.717, 1.165) is 37.2 Å². The van der Waals surface area contributed by atoms with E-state index in [2.05, 4.69) is 48.7 Å². The number of rotatable bonds is 3. The van der Waals surface area contributed by atoms with Crippen molar-refractivity contribution >= 4 is 6.08 Å². The molecule has 0 aromatic heterocycles. The Bertz CT molecular complexity index is 739. The zero-order valence-electron chi connectivity index (χ0n) is 13.0. The number of likely N-dealkylation sites (N-methyl/N-ethyl adjacent to an activating group) is 1. The number of hydrogen-bond acceptors (Lipinski definition) is 2. The lowest BCUT2D eigenvalue weighted by Crippen LogP contribution is -2.31. The van der Waals surface area contributed by atoms with E-state index in [0.29, 0.717) is 0 Å². The molecule has 0 saturated heterocycles. The molecular formula is C20H20N2. The van der Waals surface area contributed by atoms with Crippen LogP contribution in [0, 0.1) is 11.3 Å². The summed E-state index contributed by atoms with van der Waals surface area (Å²) in [6.45, 7) is 9.13. The van der Waals surface area contributed by atoms with Crippen molar-refractivity contribution in [3.05, 3.63) is 65.2 Å². The zero-order chi connectivity index (χ0) is 15.5. The number of hydrogen-bond donors (Lipinski definition) is 0. The van der Waals surface area contributed by atoms with Gasteiger partial charge in [0.25, 0.3) is 0 Å². The van der Waals surface area contributed by atoms with Gasteiger partial charge in [0.2, 0.25) is 0 Å². The van der Waals surface area contributed by atoms with Crippen molar-refractivity contribution in [1.82, 2.24) is 4.90 Å². The third kappa shape index (κ3) is 2.45. The Hall–Kier alpha value is -2.37. The van der Waals surface area contributed by atoms with Gasteiger partial charge in [0, 0.05) is 13.1 Å². The van der Waals surface area contributed by atoms with Gasteiger partial charge in [-0.05, 0) is 46.8 Å². The van der Waals surface area contributed by atoms with Crippen LogP contribution in [-0.4, -0.2) is 18.0 Å². The Morgan fingerprint density at radius 2 is 2.05 bits per heavy atom. The van der Waals surface area contributed by atoms with E-state index in [1.54, 1.807) is 0 Å². The molecule has 110 valence electrons. The van der Waals surface area contributed by atoms with E-state index in [4.69, 9.17) is 0 Å². The molecule has 22 heavy (non-hydrogen) atoms. The summed E-state index contributed by atoms with van der Waals surface area (Å²) in [5.74, 6) is 0. The second-order valence-corrected chi connectivity index (χ2v) is 5.64. The molecule has 0 atom stereocenters. The molecule has 1 heterocycles. The smallest absolute Gasteiger partial charge is 0.0998 e. The van der Waals surface area contributed by atoms with Crippen molar-refractivity contribution in [1.29, 1.82) is 5.26 Å². The lowest BCUT2D eigenvalue weighted by Gasteiger charge is -2.31. The summed E-state index contributed by atoms with van der Waals surface area (Å²) in [4.78, 5) is 2.42. The summed E-state index contributed by atoms with van der Waals surface area (Å²) >= 11 is 0. The molecule has 0 aliphatic carbocycles. The summed E-state index contributed by atoms with van der Waals surface area (Å²) in [5, 5.41) is 9.53. The Labute approximate surface area is 132 Å². The summed E-state index contributed by atoms with van der Waals surface area (Å²) < 4.78 is 0. The Balaban J connectivity index is 2.25. The van der Waals surface area contributed by atoms with Crippen molar-refractivity contribution in [3.8, 4) is 17.2 Å². The van der Waals surface area contributed by atoms with Gasteiger partial charge in [-0.1, -0.05) is 49.9 Å². The van der Waals surface area contributed by atoms with Crippen LogP contribution in [0.25, 0.3) is 17.2 Å². The molecule has 0 bridgehead atoms. The number of nitrogens with zero attached hydrogens (tertiary/aromatic N) is 2.